The second-order valence-electron chi connectivity index (χ2n) is 4.02. The van der Waals surface area contributed by atoms with Gasteiger partial charge in [-0.25, -0.2) is 0 Å². The van der Waals surface area contributed by atoms with Crippen LogP contribution in [0.25, 0.3) is 0 Å². The fourth-order valence-electron chi connectivity index (χ4n) is 1.89. The Kier molecular flexibility index (Phi) is 8.70. The van der Waals surface area contributed by atoms with Crippen LogP contribution in [0.4, 0.5) is 0 Å². The van der Waals surface area contributed by atoms with Crippen molar-refractivity contribution in [1.82, 2.24) is 4.90 Å². The molecular formula is C12H24IN3. The maximum Gasteiger partial charge on any atom is 0.191 e. The Balaban J connectivity index is 0.00000225. The van der Waals surface area contributed by atoms with Gasteiger partial charge in [-0.1, -0.05) is 12.2 Å². The third-order valence-corrected chi connectivity index (χ3v) is 2.98. The molecule has 0 aromatic heterocycles. The number of halogens is 1. The van der Waals surface area contributed by atoms with Crippen LogP contribution in [-0.4, -0.2) is 30.5 Å². The van der Waals surface area contributed by atoms with E-state index in [4.69, 9.17) is 5.73 Å². The van der Waals surface area contributed by atoms with E-state index in [1.54, 1.807) is 0 Å². The lowest BCUT2D eigenvalue weighted by atomic mass is 9.95. The SMILES string of the molecule is CCN(CC)C(N)=NCC1CC=CCC1.I. The first kappa shape index (κ1) is 15.7. The van der Waals surface area contributed by atoms with Crippen molar-refractivity contribution in [2.45, 2.75) is 33.1 Å². The molecule has 0 saturated heterocycles. The van der Waals surface area contributed by atoms with Crippen molar-refractivity contribution in [2.75, 3.05) is 19.6 Å². The minimum absolute atomic E-state index is 0. The number of aliphatic imine (C=N–C) groups is 1. The van der Waals surface area contributed by atoms with E-state index in [-0.39, 0.29) is 24.0 Å². The monoisotopic (exact) mass is 337 g/mol. The summed E-state index contributed by atoms with van der Waals surface area (Å²) < 4.78 is 0. The predicted molar refractivity (Wildman–Crippen MR) is 81.3 cm³/mol. The maximum absolute atomic E-state index is 5.91. The number of guanidine groups is 1. The van der Waals surface area contributed by atoms with Gasteiger partial charge in [-0.15, -0.1) is 24.0 Å². The smallest absolute Gasteiger partial charge is 0.191 e. The minimum Gasteiger partial charge on any atom is -0.370 e. The molecule has 0 bridgehead atoms. The van der Waals surface area contributed by atoms with Gasteiger partial charge in [0.1, 0.15) is 0 Å². The van der Waals surface area contributed by atoms with E-state index in [0.29, 0.717) is 11.9 Å². The summed E-state index contributed by atoms with van der Waals surface area (Å²) in [6, 6.07) is 0. The predicted octanol–water partition coefficient (Wildman–Crippen LogP) is 2.62. The van der Waals surface area contributed by atoms with Crippen LogP contribution in [0.1, 0.15) is 33.1 Å². The molecule has 0 aliphatic heterocycles. The summed E-state index contributed by atoms with van der Waals surface area (Å²) >= 11 is 0. The minimum atomic E-state index is 0. The van der Waals surface area contributed by atoms with Crippen LogP contribution in [0.15, 0.2) is 17.1 Å². The van der Waals surface area contributed by atoms with Crippen molar-refractivity contribution >= 4 is 29.9 Å². The fourth-order valence-corrected chi connectivity index (χ4v) is 1.89. The van der Waals surface area contributed by atoms with E-state index < -0.39 is 0 Å². The van der Waals surface area contributed by atoms with Crippen molar-refractivity contribution in [3.05, 3.63) is 12.2 Å². The summed E-state index contributed by atoms with van der Waals surface area (Å²) in [5.41, 5.74) is 5.91. The summed E-state index contributed by atoms with van der Waals surface area (Å²) in [6.45, 7) is 6.98. The molecule has 1 aliphatic rings. The lowest BCUT2D eigenvalue weighted by Crippen LogP contribution is -2.37. The van der Waals surface area contributed by atoms with Crippen molar-refractivity contribution in [1.29, 1.82) is 0 Å². The van der Waals surface area contributed by atoms with Crippen LogP contribution in [0.2, 0.25) is 0 Å². The second-order valence-corrected chi connectivity index (χ2v) is 4.02. The topological polar surface area (TPSA) is 41.6 Å². The Morgan fingerprint density at radius 2 is 2.06 bits per heavy atom. The highest BCUT2D eigenvalue weighted by Crippen LogP contribution is 2.18. The second kappa shape index (κ2) is 8.84. The van der Waals surface area contributed by atoms with Gasteiger partial charge in [-0.05, 0) is 39.0 Å². The van der Waals surface area contributed by atoms with Gasteiger partial charge in [0.25, 0.3) is 0 Å². The Bertz CT molecular complexity index is 234. The van der Waals surface area contributed by atoms with E-state index in [2.05, 4.69) is 35.9 Å². The first-order valence-corrected chi connectivity index (χ1v) is 5.97. The van der Waals surface area contributed by atoms with Crippen molar-refractivity contribution in [3.63, 3.8) is 0 Å². The lowest BCUT2D eigenvalue weighted by Gasteiger charge is -2.21. The standard InChI is InChI=1S/C12H23N3.HI/c1-3-15(4-2)12(13)14-10-11-8-6-5-7-9-11;/h5-6,11H,3-4,7-10H2,1-2H3,(H2,13,14);1H. The number of rotatable bonds is 4. The maximum atomic E-state index is 5.91. The summed E-state index contributed by atoms with van der Waals surface area (Å²) in [4.78, 5) is 6.57. The molecule has 3 nitrogen and oxygen atoms in total. The molecule has 0 aromatic carbocycles. The first-order chi connectivity index (χ1) is 7.27. The molecule has 1 rings (SSSR count). The van der Waals surface area contributed by atoms with Gasteiger partial charge >= 0.3 is 0 Å². The molecule has 2 N–H and O–H groups in total. The summed E-state index contributed by atoms with van der Waals surface area (Å²) in [5, 5.41) is 0. The van der Waals surface area contributed by atoms with E-state index in [0.717, 1.165) is 26.1 Å². The Morgan fingerprint density at radius 3 is 2.56 bits per heavy atom. The van der Waals surface area contributed by atoms with Crippen molar-refractivity contribution < 1.29 is 0 Å². The summed E-state index contributed by atoms with van der Waals surface area (Å²) in [6.07, 6.45) is 8.14. The van der Waals surface area contributed by atoms with Crippen LogP contribution >= 0.6 is 24.0 Å². The number of allylic oxidation sites excluding steroid dienone is 2. The van der Waals surface area contributed by atoms with Crippen LogP contribution in [-0.2, 0) is 0 Å². The molecule has 0 aromatic rings. The van der Waals surface area contributed by atoms with Crippen molar-refractivity contribution in [3.8, 4) is 0 Å². The quantitative estimate of drug-likeness (QED) is 0.371. The third kappa shape index (κ3) is 5.18. The van der Waals surface area contributed by atoms with Gasteiger partial charge in [0.05, 0.1) is 0 Å². The molecule has 0 fully saturated rings. The van der Waals surface area contributed by atoms with Crippen LogP contribution in [0.3, 0.4) is 0 Å². The molecular weight excluding hydrogens is 313 g/mol. The molecule has 1 atom stereocenters. The molecule has 1 aliphatic carbocycles. The van der Waals surface area contributed by atoms with E-state index in [1.165, 1.54) is 12.8 Å². The Labute approximate surface area is 116 Å². The van der Waals surface area contributed by atoms with Gasteiger partial charge in [0.2, 0.25) is 0 Å². The Morgan fingerprint density at radius 1 is 1.38 bits per heavy atom. The zero-order valence-electron chi connectivity index (χ0n) is 10.4. The fraction of sp³-hybridized carbons (Fsp3) is 0.750. The number of nitrogens with zero attached hydrogens (tertiary/aromatic N) is 2. The number of nitrogens with two attached hydrogens (primary N) is 1. The largest absolute Gasteiger partial charge is 0.370 e. The summed E-state index contributed by atoms with van der Waals surface area (Å²) in [5.74, 6) is 1.40. The average Bonchev–Trinajstić information content (AvgIpc) is 2.29. The lowest BCUT2D eigenvalue weighted by molar-refractivity contribution is 0.447. The molecule has 0 heterocycles. The number of hydrogen-bond donors (Lipinski definition) is 1. The summed E-state index contributed by atoms with van der Waals surface area (Å²) in [7, 11) is 0. The molecule has 4 heteroatoms. The average molecular weight is 337 g/mol. The van der Waals surface area contributed by atoms with E-state index in [9.17, 15) is 0 Å². The normalized spacial score (nSPS) is 20.4. The highest BCUT2D eigenvalue weighted by molar-refractivity contribution is 14.0. The Hall–Kier alpha value is -0.260. The first-order valence-electron chi connectivity index (χ1n) is 5.97. The van der Waals surface area contributed by atoms with Gasteiger partial charge in [0, 0.05) is 19.6 Å². The van der Waals surface area contributed by atoms with Crippen LogP contribution in [0, 0.1) is 5.92 Å². The molecule has 16 heavy (non-hydrogen) atoms. The molecule has 0 spiro atoms. The highest BCUT2D eigenvalue weighted by atomic mass is 127. The van der Waals surface area contributed by atoms with Gasteiger partial charge in [-0.3, -0.25) is 4.99 Å². The molecule has 0 amide bonds. The molecule has 94 valence electrons. The van der Waals surface area contributed by atoms with E-state index >= 15 is 0 Å². The van der Waals surface area contributed by atoms with Crippen molar-refractivity contribution in [2.24, 2.45) is 16.6 Å². The molecule has 0 saturated carbocycles. The van der Waals surface area contributed by atoms with Gasteiger partial charge in [-0.2, -0.15) is 0 Å². The van der Waals surface area contributed by atoms with Crippen LogP contribution in [0.5, 0.6) is 0 Å². The highest BCUT2D eigenvalue weighted by Gasteiger charge is 2.09. The van der Waals surface area contributed by atoms with Gasteiger partial charge in [0.15, 0.2) is 5.96 Å². The third-order valence-electron chi connectivity index (χ3n) is 2.98. The van der Waals surface area contributed by atoms with Gasteiger partial charge < -0.3 is 10.6 Å². The zero-order valence-corrected chi connectivity index (χ0v) is 12.7. The van der Waals surface area contributed by atoms with Crippen LogP contribution < -0.4 is 5.73 Å². The molecule has 0 radical (unpaired) electrons. The zero-order chi connectivity index (χ0) is 11.1. The number of hydrogen-bond acceptors (Lipinski definition) is 1. The molecule has 1 unspecified atom stereocenters. The van der Waals surface area contributed by atoms with E-state index in [1.807, 2.05) is 0 Å².